The fraction of sp³-hybridized carbons (Fsp3) is 0.692. The van der Waals surface area contributed by atoms with Gasteiger partial charge in [-0.3, -0.25) is 4.52 Å². The number of phosphoric acid groups is 2. The third kappa shape index (κ3) is 12.3. The van der Waals surface area contributed by atoms with E-state index in [1.807, 2.05) is 6.92 Å². The Morgan fingerprint density at radius 2 is 1.73 bits per heavy atom. The van der Waals surface area contributed by atoms with Crippen molar-refractivity contribution in [1.29, 1.82) is 0 Å². The first-order chi connectivity index (χ1) is 10.1. The monoisotopic (exact) mass is 356 g/mol. The average molecular weight is 356 g/mol. The zero-order valence-corrected chi connectivity index (χ0v) is 15.1. The fourth-order valence-electron chi connectivity index (χ4n) is 1.83. The first kappa shape index (κ1) is 21.7. The standard InChI is InChI=1S/C13H26O7P2/c1-4-7-12(3)8-6-9-13(5-2)10-11-19-22(17,18)20-21(14,15)16/h8,10H,4-7,9,11H2,1-3H3,(H,17,18)(H2,14,15,16)/b12-8-,13-10+. The molecule has 0 saturated heterocycles. The maximum Gasteiger partial charge on any atom is 0.481 e. The number of rotatable bonds is 11. The third-order valence-corrected chi connectivity index (χ3v) is 5.03. The molecule has 7 nitrogen and oxygen atoms in total. The summed E-state index contributed by atoms with van der Waals surface area (Å²) in [6.45, 7) is 5.93. The molecule has 0 spiro atoms. The van der Waals surface area contributed by atoms with E-state index in [1.165, 1.54) is 5.57 Å². The first-order valence-electron chi connectivity index (χ1n) is 7.17. The van der Waals surface area contributed by atoms with Gasteiger partial charge in [0, 0.05) is 0 Å². The Morgan fingerprint density at radius 1 is 1.09 bits per heavy atom. The molecular weight excluding hydrogens is 330 g/mol. The highest BCUT2D eigenvalue weighted by Gasteiger charge is 2.31. The van der Waals surface area contributed by atoms with Gasteiger partial charge in [-0.05, 0) is 32.6 Å². The smallest absolute Gasteiger partial charge is 0.302 e. The summed E-state index contributed by atoms with van der Waals surface area (Å²) in [6, 6.07) is 0. The topological polar surface area (TPSA) is 113 Å². The highest BCUT2D eigenvalue weighted by molar-refractivity contribution is 7.60. The van der Waals surface area contributed by atoms with Gasteiger partial charge in [0.1, 0.15) is 0 Å². The van der Waals surface area contributed by atoms with Crippen molar-refractivity contribution in [3.63, 3.8) is 0 Å². The fourth-order valence-corrected chi connectivity index (χ4v) is 3.36. The molecule has 0 aliphatic rings. The van der Waals surface area contributed by atoms with Crippen LogP contribution in [0.5, 0.6) is 0 Å². The van der Waals surface area contributed by atoms with Crippen LogP contribution < -0.4 is 0 Å². The van der Waals surface area contributed by atoms with Crippen molar-refractivity contribution in [2.24, 2.45) is 0 Å². The van der Waals surface area contributed by atoms with Crippen LogP contribution in [0.1, 0.15) is 52.9 Å². The van der Waals surface area contributed by atoms with E-state index >= 15 is 0 Å². The summed E-state index contributed by atoms with van der Waals surface area (Å²) in [4.78, 5) is 26.1. The molecule has 3 N–H and O–H groups in total. The van der Waals surface area contributed by atoms with E-state index in [2.05, 4.69) is 28.8 Å². The number of phosphoric ester groups is 1. The summed E-state index contributed by atoms with van der Waals surface area (Å²) in [5, 5.41) is 0. The Kier molecular flexibility index (Phi) is 10.4. The van der Waals surface area contributed by atoms with Gasteiger partial charge in [0.25, 0.3) is 0 Å². The van der Waals surface area contributed by atoms with E-state index in [9.17, 15) is 9.13 Å². The minimum atomic E-state index is -5.06. The molecular formula is C13H26O7P2. The molecule has 0 aliphatic heterocycles. The summed E-state index contributed by atoms with van der Waals surface area (Å²) >= 11 is 0. The second-order valence-electron chi connectivity index (χ2n) is 4.89. The summed E-state index contributed by atoms with van der Waals surface area (Å²) in [6.07, 6.45) is 8.42. The van der Waals surface area contributed by atoms with Crippen molar-refractivity contribution in [3.8, 4) is 0 Å². The predicted molar refractivity (Wildman–Crippen MR) is 85.2 cm³/mol. The van der Waals surface area contributed by atoms with Gasteiger partial charge in [0.15, 0.2) is 0 Å². The maximum absolute atomic E-state index is 11.3. The normalized spacial score (nSPS) is 16.6. The molecule has 0 aromatic carbocycles. The molecule has 0 heterocycles. The second kappa shape index (κ2) is 10.5. The van der Waals surface area contributed by atoms with E-state index in [0.717, 1.165) is 37.7 Å². The minimum absolute atomic E-state index is 0.241. The quantitative estimate of drug-likeness (QED) is 0.378. The van der Waals surface area contributed by atoms with E-state index in [1.54, 1.807) is 6.08 Å². The molecule has 1 unspecified atom stereocenters. The lowest BCUT2D eigenvalue weighted by Gasteiger charge is -2.11. The molecule has 130 valence electrons. The van der Waals surface area contributed by atoms with Crippen LogP contribution in [0.25, 0.3) is 0 Å². The van der Waals surface area contributed by atoms with Gasteiger partial charge >= 0.3 is 15.6 Å². The van der Waals surface area contributed by atoms with Crippen molar-refractivity contribution in [1.82, 2.24) is 0 Å². The van der Waals surface area contributed by atoms with Crippen LogP contribution in [0.4, 0.5) is 0 Å². The lowest BCUT2D eigenvalue weighted by atomic mass is 10.0. The Bertz CT molecular complexity index is 479. The van der Waals surface area contributed by atoms with Crippen LogP contribution in [0.15, 0.2) is 23.3 Å². The molecule has 1 atom stereocenters. The highest BCUT2D eigenvalue weighted by atomic mass is 31.3. The highest BCUT2D eigenvalue weighted by Crippen LogP contribution is 2.57. The van der Waals surface area contributed by atoms with E-state index in [4.69, 9.17) is 14.7 Å². The minimum Gasteiger partial charge on any atom is -0.302 e. The Balaban J connectivity index is 4.35. The molecule has 0 rings (SSSR count). The van der Waals surface area contributed by atoms with Crippen LogP contribution in [0.3, 0.4) is 0 Å². The SMILES string of the molecule is CCC/C(C)=C\CC/C(=C/COP(=O)(O)OP(=O)(O)O)CC. The van der Waals surface area contributed by atoms with Crippen molar-refractivity contribution in [3.05, 3.63) is 23.3 Å². The van der Waals surface area contributed by atoms with Gasteiger partial charge in [-0.25, -0.2) is 9.13 Å². The number of hydrogen-bond acceptors (Lipinski definition) is 4. The molecule has 0 aromatic rings. The number of hydrogen-bond donors (Lipinski definition) is 3. The Hall–Kier alpha value is -0.260. The maximum atomic E-state index is 11.3. The summed E-state index contributed by atoms with van der Waals surface area (Å²) in [7, 11) is -9.81. The summed E-state index contributed by atoms with van der Waals surface area (Å²) < 4.78 is 30.0. The van der Waals surface area contributed by atoms with E-state index in [-0.39, 0.29) is 6.61 Å². The van der Waals surface area contributed by atoms with Crippen molar-refractivity contribution >= 4 is 15.6 Å². The van der Waals surface area contributed by atoms with Gasteiger partial charge in [0.05, 0.1) is 6.61 Å². The van der Waals surface area contributed by atoms with Crippen molar-refractivity contribution in [2.45, 2.75) is 52.9 Å². The Labute approximate surface area is 131 Å². The largest absolute Gasteiger partial charge is 0.481 e. The predicted octanol–water partition coefficient (Wildman–Crippen LogP) is 4.08. The van der Waals surface area contributed by atoms with Crippen molar-refractivity contribution < 1.29 is 32.6 Å². The van der Waals surface area contributed by atoms with Gasteiger partial charge in [0.2, 0.25) is 0 Å². The first-order valence-corrected chi connectivity index (χ1v) is 10.2. The van der Waals surface area contributed by atoms with Crippen LogP contribution in [0, 0.1) is 0 Å². The zero-order valence-electron chi connectivity index (χ0n) is 13.3. The molecule has 9 heteroatoms. The molecule has 0 radical (unpaired) electrons. The van der Waals surface area contributed by atoms with Crippen LogP contribution >= 0.6 is 15.6 Å². The average Bonchev–Trinajstić information content (AvgIpc) is 2.34. The molecule has 22 heavy (non-hydrogen) atoms. The molecule has 0 amide bonds. The molecule has 0 bridgehead atoms. The van der Waals surface area contributed by atoms with Gasteiger partial charge < -0.3 is 14.7 Å². The van der Waals surface area contributed by atoms with Crippen LogP contribution in [0.2, 0.25) is 0 Å². The third-order valence-electron chi connectivity index (χ3n) is 2.88. The lowest BCUT2D eigenvalue weighted by molar-refractivity contribution is 0.191. The van der Waals surface area contributed by atoms with E-state index in [0.29, 0.717) is 0 Å². The zero-order chi connectivity index (χ0) is 17.2. The summed E-state index contributed by atoms with van der Waals surface area (Å²) in [5.74, 6) is 0. The van der Waals surface area contributed by atoms with Gasteiger partial charge in [-0.15, -0.1) is 0 Å². The van der Waals surface area contributed by atoms with Crippen molar-refractivity contribution in [2.75, 3.05) is 6.61 Å². The van der Waals surface area contributed by atoms with Crippen LogP contribution in [-0.4, -0.2) is 21.3 Å². The van der Waals surface area contributed by atoms with Gasteiger partial charge in [-0.2, -0.15) is 4.31 Å². The molecule has 0 aromatic heterocycles. The number of allylic oxidation sites excluding steroid dienone is 3. The van der Waals surface area contributed by atoms with E-state index < -0.39 is 15.6 Å². The molecule has 0 fully saturated rings. The molecule has 0 aliphatic carbocycles. The molecule has 0 saturated carbocycles. The lowest BCUT2D eigenvalue weighted by Crippen LogP contribution is -1.95. The second-order valence-corrected chi connectivity index (χ2v) is 7.72. The Morgan fingerprint density at radius 3 is 2.23 bits per heavy atom. The van der Waals surface area contributed by atoms with Crippen LogP contribution in [-0.2, 0) is 18.0 Å². The summed E-state index contributed by atoms with van der Waals surface area (Å²) in [5.41, 5.74) is 2.38. The van der Waals surface area contributed by atoms with Gasteiger partial charge in [-0.1, -0.05) is 43.6 Å².